The highest BCUT2D eigenvalue weighted by molar-refractivity contribution is 5.84. The molecule has 1 saturated carbocycles. The van der Waals surface area contributed by atoms with Gasteiger partial charge in [0.2, 0.25) is 0 Å². The third kappa shape index (κ3) is 3.58. The molecule has 1 N–H and O–H groups in total. The largest absolute Gasteiger partial charge is 0.467 e. The number of methoxy groups -OCH3 is 1. The smallest absolute Gasteiger partial charge is 0.331 e. The lowest BCUT2D eigenvalue weighted by atomic mass is 9.71. The average Bonchev–Trinajstić information content (AvgIpc) is 2.46. The summed E-state index contributed by atoms with van der Waals surface area (Å²) in [7, 11) is 1.49. The Morgan fingerprint density at radius 2 is 2.19 bits per heavy atom. The number of aryl methyl sites for hydroxylation is 1. The lowest BCUT2D eigenvalue weighted by Crippen LogP contribution is -2.51. The van der Waals surface area contributed by atoms with Crippen LogP contribution >= 0.6 is 0 Å². The summed E-state index contributed by atoms with van der Waals surface area (Å²) in [6.07, 6.45) is 3.96. The number of ether oxygens (including phenoxy) is 1. The van der Waals surface area contributed by atoms with E-state index in [1.807, 2.05) is 12.1 Å². The highest BCUT2D eigenvalue weighted by Crippen LogP contribution is 2.39. The zero-order valence-electron chi connectivity index (χ0n) is 13.6. The van der Waals surface area contributed by atoms with Crippen LogP contribution in [0.3, 0.4) is 0 Å². The molecule has 0 bridgehead atoms. The predicted octanol–water partition coefficient (Wildman–Crippen LogP) is 4.16. The fourth-order valence-corrected chi connectivity index (χ4v) is 3.43. The van der Waals surface area contributed by atoms with Gasteiger partial charge in [0.05, 0.1) is 7.11 Å². The van der Waals surface area contributed by atoms with Gasteiger partial charge in [0.1, 0.15) is 5.54 Å². The molecule has 3 heteroatoms. The molecule has 1 aliphatic rings. The quantitative estimate of drug-likeness (QED) is 0.846. The molecule has 2 rings (SSSR count). The Morgan fingerprint density at radius 3 is 2.81 bits per heavy atom. The summed E-state index contributed by atoms with van der Waals surface area (Å²) in [5.74, 6) is 1.03. The maximum Gasteiger partial charge on any atom is 0.331 e. The highest BCUT2D eigenvalue weighted by atomic mass is 16.5. The van der Waals surface area contributed by atoms with Crippen molar-refractivity contribution in [1.82, 2.24) is 0 Å². The van der Waals surface area contributed by atoms with Crippen LogP contribution in [0.4, 0.5) is 5.69 Å². The van der Waals surface area contributed by atoms with Gasteiger partial charge < -0.3 is 10.1 Å². The molecule has 3 nitrogen and oxygen atoms in total. The molecule has 0 aliphatic heterocycles. The van der Waals surface area contributed by atoms with Crippen molar-refractivity contribution >= 4 is 11.7 Å². The van der Waals surface area contributed by atoms with E-state index in [0.29, 0.717) is 11.8 Å². The van der Waals surface area contributed by atoms with Gasteiger partial charge in [0.15, 0.2) is 0 Å². The molecule has 1 aliphatic carbocycles. The molecule has 2 unspecified atom stereocenters. The fraction of sp³-hybridized carbons (Fsp3) is 0.611. The van der Waals surface area contributed by atoms with Crippen molar-refractivity contribution in [2.75, 3.05) is 12.4 Å². The van der Waals surface area contributed by atoms with Gasteiger partial charge in [0, 0.05) is 5.69 Å². The van der Waals surface area contributed by atoms with E-state index < -0.39 is 5.54 Å². The Bertz CT molecular complexity index is 498. The number of nitrogens with one attached hydrogen (secondary N) is 1. The SMILES string of the molecule is COC(=O)C1(Nc2cccc(C)c2)CCCC(C(C)C)C1. The molecule has 116 valence electrons. The van der Waals surface area contributed by atoms with E-state index in [-0.39, 0.29) is 5.97 Å². The number of benzene rings is 1. The summed E-state index contributed by atoms with van der Waals surface area (Å²) < 4.78 is 5.12. The van der Waals surface area contributed by atoms with Gasteiger partial charge in [-0.2, -0.15) is 0 Å². The fourth-order valence-electron chi connectivity index (χ4n) is 3.43. The van der Waals surface area contributed by atoms with E-state index in [1.54, 1.807) is 0 Å². The minimum atomic E-state index is -0.574. The van der Waals surface area contributed by atoms with Crippen molar-refractivity contribution < 1.29 is 9.53 Å². The Hall–Kier alpha value is -1.51. The van der Waals surface area contributed by atoms with E-state index in [0.717, 1.165) is 24.9 Å². The van der Waals surface area contributed by atoms with Crippen molar-refractivity contribution in [3.05, 3.63) is 29.8 Å². The summed E-state index contributed by atoms with van der Waals surface area (Å²) >= 11 is 0. The predicted molar refractivity (Wildman–Crippen MR) is 86.3 cm³/mol. The first-order chi connectivity index (χ1) is 9.97. The van der Waals surface area contributed by atoms with Crippen molar-refractivity contribution in [3.63, 3.8) is 0 Å². The second-order valence-electron chi connectivity index (χ2n) is 6.67. The second-order valence-corrected chi connectivity index (χ2v) is 6.67. The zero-order valence-corrected chi connectivity index (χ0v) is 13.6. The molecular formula is C18H27NO2. The van der Waals surface area contributed by atoms with Gasteiger partial charge in [0.25, 0.3) is 0 Å². The first-order valence-corrected chi connectivity index (χ1v) is 7.90. The van der Waals surface area contributed by atoms with E-state index in [4.69, 9.17) is 4.74 Å². The number of carbonyl (C=O) groups excluding carboxylic acids is 1. The Morgan fingerprint density at radius 1 is 1.43 bits per heavy atom. The van der Waals surface area contributed by atoms with Crippen LogP contribution < -0.4 is 5.32 Å². The molecular weight excluding hydrogens is 262 g/mol. The Balaban J connectivity index is 2.27. The van der Waals surface area contributed by atoms with Crippen LogP contribution in [-0.4, -0.2) is 18.6 Å². The summed E-state index contributed by atoms with van der Waals surface area (Å²) in [5, 5.41) is 3.50. The lowest BCUT2D eigenvalue weighted by Gasteiger charge is -2.41. The summed E-state index contributed by atoms with van der Waals surface area (Å²) in [6.45, 7) is 6.54. The Kier molecular flexibility index (Phi) is 4.92. The number of carbonyl (C=O) groups is 1. The van der Waals surface area contributed by atoms with Crippen molar-refractivity contribution in [2.45, 2.75) is 52.0 Å². The first kappa shape index (κ1) is 15.9. The van der Waals surface area contributed by atoms with Crippen LogP contribution in [0.2, 0.25) is 0 Å². The van der Waals surface area contributed by atoms with Crippen LogP contribution in [-0.2, 0) is 9.53 Å². The van der Waals surface area contributed by atoms with E-state index in [2.05, 4.69) is 38.2 Å². The molecule has 2 atom stereocenters. The van der Waals surface area contributed by atoms with Gasteiger partial charge >= 0.3 is 5.97 Å². The van der Waals surface area contributed by atoms with Gasteiger partial charge in [-0.05, 0) is 55.7 Å². The van der Waals surface area contributed by atoms with Crippen LogP contribution in [0.1, 0.15) is 45.1 Å². The minimum absolute atomic E-state index is 0.130. The lowest BCUT2D eigenvalue weighted by molar-refractivity contribution is -0.148. The van der Waals surface area contributed by atoms with Crippen LogP contribution in [0.15, 0.2) is 24.3 Å². The first-order valence-electron chi connectivity index (χ1n) is 7.90. The monoisotopic (exact) mass is 289 g/mol. The van der Waals surface area contributed by atoms with Crippen molar-refractivity contribution in [3.8, 4) is 0 Å². The molecule has 0 radical (unpaired) electrons. The molecule has 0 amide bonds. The Labute approximate surface area is 128 Å². The van der Waals surface area contributed by atoms with Gasteiger partial charge in [-0.15, -0.1) is 0 Å². The molecule has 0 heterocycles. The average molecular weight is 289 g/mol. The highest BCUT2D eigenvalue weighted by Gasteiger charge is 2.44. The van der Waals surface area contributed by atoms with E-state index >= 15 is 0 Å². The van der Waals surface area contributed by atoms with Crippen molar-refractivity contribution in [1.29, 1.82) is 0 Å². The third-order valence-corrected chi connectivity index (χ3v) is 4.71. The topological polar surface area (TPSA) is 38.3 Å². The summed E-state index contributed by atoms with van der Waals surface area (Å²) in [5.41, 5.74) is 1.62. The zero-order chi connectivity index (χ0) is 15.5. The number of rotatable bonds is 4. The third-order valence-electron chi connectivity index (χ3n) is 4.71. The second kappa shape index (κ2) is 6.50. The van der Waals surface area contributed by atoms with Crippen LogP contribution in [0, 0.1) is 18.8 Å². The molecule has 1 aromatic rings. The van der Waals surface area contributed by atoms with Gasteiger partial charge in [-0.3, -0.25) is 0 Å². The minimum Gasteiger partial charge on any atom is -0.467 e. The number of esters is 1. The molecule has 1 aromatic carbocycles. The maximum absolute atomic E-state index is 12.5. The number of hydrogen-bond acceptors (Lipinski definition) is 3. The molecule has 1 fully saturated rings. The number of hydrogen-bond donors (Lipinski definition) is 1. The van der Waals surface area contributed by atoms with E-state index in [9.17, 15) is 4.79 Å². The summed E-state index contributed by atoms with van der Waals surface area (Å²) in [4.78, 5) is 12.5. The van der Waals surface area contributed by atoms with Crippen LogP contribution in [0.25, 0.3) is 0 Å². The summed E-state index contributed by atoms with van der Waals surface area (Å²) in [6, 6.07) is 8.19. The van der Waals surface area contributed by atoms with E-state index in [1.165, 1.54) is 19.1 Å². The van der Waals surface area contributed by atoms with Crippen LogP contribution in [0.5, 0.6) is 0 Å². The maximum atomic E-state index is 12.5. The standard InChI is InChI=1S/C18H27NO2/c1-13(2)15-8-6-10-18(12-15,17(20)21-4)19-16-9-5-7-14(3)11-16/h5,7,9,11,13,15,19H,6,8,10,12H2,1-4H3. The van der Waals surface area contributed by atoms with Gasteiger partial charge in [-0.25, -0.2) is 4.79 Å². The number of anilines is 1. The molecule has 0 aromatic heterocycles. The normalized spacial score (nSPS) is 25.7. The van der Waals surface area contributed by atoms with Gasteiger partial charge in [-0.1, -0.05) is 32.4 Å². The molecule has 0 saturated heterocycles. The van der Waals surface area contributed by atoms with Crippen molar-refractivity contribution in [2.24, 2.45) is 11.8 Å². The molecule has 0 spiro atoms. The molecule has 21 heavy (non-hydrogen) atoms.